The lowest BCUT2D eigenvalue weighted by Gasteiger charge is -1.95. The van der Waals surface area contributed by atoms with Crippen molar-refractivity contribution in [1.82, 2.24) is 5.16 Å². The van der Waals surface area contributed by atoms with Gasteiger partial charge in [0.25, 0.3) is 0 Å². The fourth-order valence-electron chi connectivity index (χ4n) is 1.85. The first-order valence-corrected chi connectivity index (χ1v) is 5.10. The van der Waals surface area contributed by atoms with Crippen molar-refractivity contribution in [2.75, 3.05) is 0 Å². The highest BCUT2D eigenvalue weighted by molar-refractivity contribution is 6.02. The van der Waals surface area contributed by atoms with Crippen LogP contribution in [0.5, 0.6) is 0 Å². The third-order valence-corrected chi connectivity index (χ3v) is 2.65. The molecule has 0 aliphatic heterocycles. The lowest BCUT2D eigenvalue weighted by Crippen LogP contribution is -1.94. The molecule has 4 heteroatoms. The van der Waals surface area contributed by atoms with Gasteiger partial charge in [0, 0.05) is 11.5 Å². The fraction of sp³-hybridized carbons (Fsp3) is 0.167. The molecule has 2 aromatic heterocycles. The largest absolute Gasteiger partial charge is 0.423 e. The van der Waals surface area contributed by atoms with Crippen LogP contribution in [0.25, 0.3) is 21.9 Å². The summed E-state index contributed by atoms with van der Waals surface area (Å²) in [6.45, 7) is 2.02. The molecule has 80 valence electrons. The van der Waals surface area contributed by atoms with E-state index in [0.717, 1.165) is 22.9 Å². The molecule has 2 heterocycles. The van der Waals surface area contributed by atoms with Gasteiger partial charge in [0.05, 0.1) is 11.1 Å². The van der Waals surface area contributed by atoms with Crippen molar-refractivity contribution in [3.8, 4) is 0 Å². The monoisotopic (exact) mass is 215 g/mol. The molecule has 0 spiro atoms. The minimum Gasteiger partial charge on any atom is -0.423 e. The lowest BCUT2D eigenvalue weighted by molar-refractivity contribution is 0.448. The van der Waals surface area contributed by atoms with Crippen molar-refractivity contribution < 1.29 is 8.94 Å². The van der Waals surface area contributed by atoms with Crippen LogP contribution < -0.4 is 5.63 Å². The van der Waals surface area contributed by atoms with Crippen LogP contribution in [-0.2, 0) is 6.42 Å². The Morgan fingerprint density at radius 2 is 2.00 bits per heavy atom. The molecule has 0 bridgehead atoms. The van der Waals surface area contributed by atoms with E-state index in [9.17, 15) is 4.79 Å². The molecule has 1 aromatic carbocycles. The second-order valence-electron chi connectivity index (χ2n) is 3.59. The molecule has 0 N–H and O–H groups in total. The zero-order chi connectivity index (χ0) is 11.1. The van der Waals surface area contributed by atoms with Crippen LogP contribution in [0.2, 0.25) is 0 Å². The standard InChI is InChI=1S/C12H9NO3/c1-2-9-7-3-5-10-8(12(7)16-13-9)4-6-11(14)15-10/h3-6H,2H2,1H3. The zero-order valence-corrected chi connectivity index (χ0v) is 8.69. The summed E-state index contributed by atoms with van der Waals surface area (Å²) in [7, 11) is 0. The average Bonchev–Trinajstić information content (AvgIpc) is 2.71. The molecule has 16 heavy (non-hydrogen) atoms. The number of aryl methyl sites for hydroxylation is 1. The summed E-state index contributed by atoms with van der Waals surface area (Å²) >= 11 is 0. The smallest absolute Gasteiger partial charge is 0.336 e. The Bertz CT molecular complexity index is 724. The van der Waals surface area contributed by atoms with Crippen molar-refractivity contribution in [3.63, 3.8) is 0 Å². The Kier molecular flexibility index (Phi) is 1.83. The Morgan fingerprint density at radius 3 is 2.81 bits per heavy atom. The maximum Gasteiger partial charge on any atom is 0.336 e. The van der Waals surface area contributed by atoms with Gasteiger partial charge in [-0.15, -0.1) is 0 Å². The van der Waals surface area contributed by atoms with Crippen LogP contribution in [0.3, 0.4) is 0 Å². The number of rotatable bonds is 1. The molecule has 4 nitrogen and oxygen atoms in total. The Labute approximate surface area is 90.5 Å². The van der Waals surface area contributed by atoms with Gasteiger partial charge >= 0.3 is 5.63 Å². The van der Waals surface area contributed by atoms with Gasteiger partial charge in [0.1, 0.15) is 5.58 Å². The molecule has 0 saturated carbocycles. The molecule has 0 aliphatic carbocycles. The quantitative estimate of drug-likeness (QED) is 0.585. The molecule has 0 unspecified atom stereocenters. The van der Waals surface area contributed by atoms with Crippen LogP contribution in [0.15, 0.2) is 38.0 Å². The van der Waals surface area contributed by atoms with Gasteiger partial charge in [-0.2, -0.15) is 0 Å². The summed E-state index contributed by atoms with van der Waals surface area (Å²) < 4.78 is 10.4. The summed E-state index contributed by atoms with van der Waals surface area (Å²) in [5, 5.41) is 5.75. The summed E-state index contributed by atoms with van der Waals surface area (Å²) in [6, 6.07) is 6.73. The molecular formula is C12H9NO3. The fourth-order valence-corrected chi connectivity index (χ4v) is 1.85. The van der Waals surface area contributed by atoms with E-state index in [2.05, 4.69) is 5.16 Å². The molecule has 3 aromatic rings. The van der Waals surface area contributed by atoms with Gasteiger partial charge in [0.2, 0.25) is 0 Å². The first-order chi connectivity index (χ1) is 7.79. The van der Waals surface area contributed by atoms with Crippen LogP contribution in [0.4, 0.5) is 0 Å². The van der Waals surface area contributed by atoms with Crippen molar-refractivity contribution in [3.05, 3.63) is 40.4 Å². The van der Waals surface area contributed by atoms with E-state index in [0.29, 0.717) is 11.2 Å². The minimum absolute atomic E-state index is 0.359. The number of hydrogen-bond acceptors (Lipinski definition) is 4. The van der Waals surface area contributed by atoms with Crippen molar-refractivity contribution in [2.45, 2.75) is 13.3 Å². The van der Waals surface area contributed by atoms with Crippen LogP contribution in [-0.4, -0.2) is 5.16 Å². The number of nitrogens with zero attached hydrogens (tertiary/aromatic N) is 1. The molecule has 0 radical (unpaired) electrons. The number of hydrogen-bond donors (Lipinski definition) is 0. The average molecular weight is 215 g/mol. The zero-order valence-electron chi connectivity index (χ0n) is 8.69. The SMILES string of the molecule is CCc1noc2c1ccc1oc(=O)ccc12. The second kappa shape index (κ2) is 3.20. The number of benzene rings is 1. The van der Waals surface area contributed by atoms with Gasteiger partial charge in [-0.1, -0.05) is 12.1 Å². The van der Waals surface area contributed by atoms with Gasteiger partial charge in [0.15, 0.2) is 5.58 Å². The molecule has 0 amide bonds. The van der Waals surface area contributed by atoms with Crippen molar-refractivity contribution >= 4 is 21.9 Å². The highest BCUT2D eigenvalue weighted by atomic mass is 16.5. The third kappa shape index (κ3) is 1.16. The first kappa shape index (κ1) is 9.15. The predicted molar refractivity (Wildman–Crippen MR) is 59.4 cm³/mol. The van der Waals surface area contributed by atoms with E-state index >= 15 is 0 Å². The summed E-state index contributed by atoms with van der Waals surface area (Å²) in [4.78, 5) is 11.1. The second-order valence-corrected chi connectivity index (χ2v) is 3.59. The van der Waals surface area contributed by atoms with E-state index in [1.807, 2.05) is 13.0 Å². The Hall–Kier alpha value is -2.10. The molecule has 0 atom stereocenters. The normalized spacial score (nSPS) is 11.3. The number of fused-ring (bicyclic) bond motifs is 3. The summed E-state index contributed by atoms with van der Waals surface area (Å²) in [5.74, 6) is 0. The van der Waals surface area contributed by atoms with Gasteiger partial charge in [-0.25, -0.2) is 4.79 Å². The lowest BCUT2D eigenvalue weighted by atomic mass is 10.1. The van der Waals surface area contributed by atoms with Crippen LogP contribution >= 0.6 is 0 Å². The highest BCUT2D eigenvalue weighted by Gasteiger charge is 2.10. The van der Waals surface area contributed by atoms with E-state index in [1.165, 1.54) is 6.07 Å². The van der Waals surface area contributed by atoms with Crippen molar-refractivity contribution in [2.24, 2.45) is 0 Å². The molecule has 0 aliphatic rings. The maximum absolute atomic E-state index is 11.1. The molecule has 0 saturated heterocycles. The topological polar surface area (TPSA) is 56.2 Å². The van der Waals surface area contributed by atoms with E-state index in [-0.39, 0.29) is 5.63 Å². The predicted octanol–water partition coefficient (Wildman–Crippen LogP) is 2.50. The first-order valence-electron chi connectivity index (χ1n) is 5.10. The van der Waals surface area contributed by atoms with Gasteiger partial charge < -0.3 is 8.94 Å². The molecular weight excluding hydrogens is 206 g/mol. The Morgan fingerprint density at radius 1 is 1.19 bits per heavy atom. The van der Waals surface area contributed by atoms with Crippen molar-refractivity contribution in [1.29, 1.82) is 0 Å². The van der Waals surface area contributed by atoms with Gasteiger partial charge in [-0.3, -0.25) is 0 Å². The third-order valence-electron chi connectivity index (χ3n) is 2.65. The summed E-state index contributed by atoms with van der Waals surface area (Å²) in [6.07, 6.45) is 0.815. The molecule has 3 rings (SSSR count). The van der Waals surface area contributed by atoms with E-state index < -0.39 is 0 Å². The highest BCUT2D eigenvalue weighted by Crippen LogP contribution is 2.26. The Balaban J connectivity index is 2.50. The van der Waals surface area contributed by atoms with E-state index in [1.54, 1.807) is 12.1 Å². The van der Waals surface area contributed by atoms with E-state index in [4.69, 9.17) is 8.94 Å². The van der Waals surface area contributed by atoms with Crippen LogP contribution in [0.1, 0.15) is 12.6 Å². The maximum atomic E-state index is 11.1. The minimum atomic E-state index is -0.359. The molecule has 0 fully saturated rings. The summed E-state index contributed by atoms with van der Waals surface area (Å²) in [5.41, 5.74) is 1.77. The van der Waals surface area contributed by atoms with Crippen LogP contribution in [0, 0.1) is 0 Å². The number of aromatic nitrogens is 1. The van der Waals surface area contributed by atoms with Gasteiger partial charge in [-0.05, 0) is 24.6 Å².